The number of hydrogen-bond donors (Lipinski definition) is 1. The minimum atomic E-state index is -0.964. The van der Waals surface area contributed by atoms with E-state index in [1.807, 2.05) is 67.9 Å². The molecule has 3 heterocycles. The molecule has 0 saturated heterocycles. The van der Waals surface area contributed by atoms with E-state index >= 15 is 0 Å². The van der Waals surface area contributed by atoms with Crippen molar-refractivity contribution in [1.82, 2.24) is 19.7 Å². The van der Waals surface area contributed by atoms with Gasteiger partial charge in [0, 0.05) is 41.4 Å². The second kappa shape index (κ2) is 9.11. The lowest BCUT2D eigenvalue weighted by Gasteiger charge is -2.28. The van der Waals surface area contributed by atoms with E-state index in [1.165, 1.54) is 12.1 Å². The van der Waals surface area contributed by atoms with E-state index in [2.05, 4.69) is 4.90 Å². The highest BCUT2D eigenvalue weighted by Crippen LogP contribution is 2.35. The first-order valence-electron chi connectivity index (χ1n) is 11.9. The predicted octanol–water partition coefficient (Wildman–Crippen LogP) is 5.91. The standard InChI is InChI=1S/C30H23FN4O2/c1-34-16-20(29-25(18-34)27(30(36)37)24-9-5-6-10-26(24)32-29)15-21-17-35(23-7-3-2-4-8-23)33-28(21)19-11-13-22(31)14-12-19/h2-15,17H,16,18H2,1H3,(H,36,37)/b20-15+. The van der Waals surface area contributed by atoms with Crippen molar-refractivity contribution in [2.45, 2.75) is 6.54 Å². The van der Waals surface area contributed by atoms with Crippen LogP contribution in [0.25, 0.3) is 39.5 Å². The molecule has 1 N–H and O–H groups in total. The third-order valence-corrected chi connectivity index (χ3v) is 6.59. The van der Waals surface area contributed by atoms with E-state index in [1.54, 1.807) is 22.9 Å². The van der Waals surface area contributed by atoms with Gasteiger partial charge in [0.05, 0.1) is 28.2 Å². The number of likely N-dealkylation sites (N-methyl/N-ethyl adjacent to an activating group) is 1. The van der Waals surface area contributed by atoms with Gasteiger partial charge in [0.1, 0.15) is 5.82 Å². The summed E-state index contributed by atoms with van der Waals surface area (Å²) >= 11 is 0. The molecule has 0 spiro atoms. The number of carboxylic acid groups (broad SMARTS) is 1. The molecule has 0 radical (unpaired) electrons. The summed E-state index contributed by atoms with van der Waals surface area (Å²) < 4.78 is 15.5. The Hall–Kier alpha value is -4.62. The van der Waals surface area contributed by atoms with E-state index in [-0.39, 0.29) is 11.4 Å². The molecule has 0 amide bonds. The first-order chi connectivity index (χ1) is 18.0. The summed E-state index contributed by atoms with van der Waals surface area (Å²) in [5.74, 6) is -1.28. The molecule has 0 unspecified atom stereocenters. The lowest BCUT2D eigenvalue weighted by molar-refractivity contribution is 0.0696. The molecule has 0 aliphatic carbocycles. The number of fused-ring (bicyclic) bond motifs is 2. The van der Waals surface area contributed by atoms with Gasteiger partial charge in [-0.3, -0.25) is 4.90 Å². The topological polar surface area (TPSA) is 71.2 Å². The minimum Gasteiger partial charge on any atom is -0.478 e. The van der Waals surface area contributed by atoms with Gasteiger partial charge in [0.25, 0.3) is 0 Å². The maximum atomic E-state index is 13.7. The molecule has 7 heteroatoms. The third kappa shape index (κ3) is 4.19. The number of carbonyl (C=O) groups is 1. The quantitative estimate of drug-likeness (QED) is 0.339. The lowest BCUT2D eigenvalue weighted by Crippen LogP contribution is -2.28. The number of halogens is 1. The number of para-hydroxylation sites is 2. The van der Waals surface area contributed by atoms with Crippen LogP contribution in [0.5, 0.6) is 0 Å². The fraction of sp³-hybridized carbons (Fsp3) is 0.100. The van der Waals surface area contributed by atoms with E-state index < -0.39 is 5.97 Å². The molecule has 2 aromatic heterocycles. The molecule has 6 nitrogen and oxygen atoms in total. The van der Waals surface area contributed by atoms with Gasteiger partial charge in [-0.25, -0.2) is 18.9 Å². The Kier molecular flexibility index (Phi) is 5.62. The number of nitrogens with zero attached hydrogens (tertiary/aromatic N) is 4. The van der Waals surface area contributed by atoms with Crippen molar-refractivity contribution in [2.24, 2.45) is 0 Å². The summed E-state index contributed by atoms with van der Waals surface area (Å²) in [5, 5.41) is 15.6. The third-order valence-electron chi connectivity index (χ3n) is 6.59. The summed E-state index contributed by atoms with van der Waals surface area (Å²) in [5.41, 5.74) is 6.43. The van der Waals surface area contributed by atoms with Crippen LogP contribution in [0.4, 0.5) is 4.39 Å². The Labute approximate surface area is 212 Å². The van der Waals surface area contributed by atoms with Crippen LogP contribution in [-0.2, 0) is 6.54 Å². The minimum absolute atomic E-state index is 0.289. The molecule has 6 rings (SSSR count). The number of rotatable bonds is 4. The number of aromatic carboxylic acids is 1. The number of carboxylic acids is 1. The molecule has 5 aromatic rings. The fourth-order valence-corrected chi connectivity index (χ4v) is 4.95. The Morgan fingerprint density at radius 3 is 2.43 bits per heavy atom. The average molecular weight is 491 g/mol. The SMILES string of the molecule is CN1C/C(=C\c2cn(-c3ccccc3)nc2-c2ccc(F)cc2)c2nc3ccccc3c(C(=O)O)c2C1. The molecule has 3 aromatic carbocycles. The number of benzene rings is 3. The zero-order chi connectivity index (χ0) is 25.5. The van der Waals surface area contributed by atoms with Crippen LogP contribution < -0.4 is 0 Å². The van der Waals surface area contributed by atoms with E-state index in [9.17, 15) is 14.3 Å². The average Bonchev–Trinajstić information content (AvgIpc) is 3.32. The summed E-state index contributed by atoms with van der Waals surface area (Å²) in [6.07, 6.45) is 3.96. The molecule has 0 saturated carbocycles. The Morgan fingerprint density at radius 2 is 1.68 bits per heavy atom. The summed E-state index contributed by atoms with van der Waals surface area (Å²) in [4.78, 5) is 19.4. The van der Waals surface area contributed by atoms with Crippen molar-refractivity contribution in [3.63, 3.8) is 0 Å². The molecule has 0 atom stereocenters. The van der Waals surface area contributed by atoms with Gasteiger partial charge in [-0.15, -0.1) is 0 Å². The zero-order valence-corrected chi connectivity index (χ0v) is 20.1. The number of hydrogen-bond acceptors (Lipinski definition) is 4. The normalized spacial score (nSPS) is 14.7. The predicted molar refractivity (Wildman–Crippen MR) is 142 cm³/mol. The molecule has 0 fully saturated rings. The van der Waals surface area contributed by atoms with Gasteiger partial charge in [-0.2, -0.15) is 5.10 Å². The molecule has 37 heavy (non-hydrogen) atoms. The second-order valence-electron chi connectivity index (χ2n) is 9.20. The maximum absolute atomic E-state index is 13.7. The van der Waals surface area contributed by atoms with Crippen LogP contribution in [0.15, 0.2) is 85.1 Å². The first kappa shape index (κ1) is 22.8. The van der Waals surface area contributed by atoms with Crippen LogP contribution in [0.2, 0.25) is 0 Å². The van der Waals surface area contributed by atoms with Crippen LogP contribution in [-0.4, -0.2) is 44.3 Å². The largest absolute Gasteiger partial charge is 0.478 e. The van der Waals surface area contributed by atoms with Gasteiger partial charge < -0.3 is 5.11 Å². The van der Waals surface area contributed by atoms with Crippen molar-refractivity contribution in [3.05, 3.63) is 113 Å². The Bertz CT molecular complexity index is 1670. The molecule has 182 valence electrons. The number of aromatic nitrogens is 3. The molecule has 1 aliphatic rings. The second-order valence-corrected chi connectivity index (χ2v) is 9.20. The van der Waals surface area contributed by atoms with Gasteiger partial charge in [-0.05, 0) is 61.2 Å². The molecule has 1 aliphatic heterocycles. The Balaban J connectivity index is 1.58. The van der Waals surface area contributed by atoms with Gasteiger partial charge in [0.2, 0.25) is 0 Å². The molecule has 0 bridgehead atoms. The molecular formula is C30H23FN4O2. The zero-order valence-electron chi connectivity index (χ0n) is 20.1. The van der Waals surface area contributed by atoms with Crippen LogP contribution in [0.1, 0.15) is 27.2 Å². The van der Waals surface area contributed by atoms with Crippen LogP contribution in [0, 0.1) is 5.82 Å². The van der Waals surface area contributed by atoms with Crippen molar-refractivity contribution >= 4 is 28.5 Å². The van der Waals surface area contributed by atoms with E-state index in [0.717, 1.165) is 22.4 Å². The summed E-state index contributed by atoms with van der Waals surface area (Å²) in [6.45, 7) is 1.08. The highest BCUT2D eigenvalue weighted by atomic mass is 19.1. The lowest BCUT2D eigenvalue weighted by atomic mass is 9.92. The van der Waals surface area contributed by atoms with E-state index in [4.69, 9.17) is 10.1 Å². The van der Waals surface area contributed by atoms with E-state index in [0.29, 0.717) is 40.9 Å². The van der Waals surface area contributed by atoms with Crippen molar-refractivity contribution < 1.29 is 14.3 Å². The molecular weight excluding hydrogens is 467 g/mol. The monoisotopic (exact) mass is 490 g/mol. The van der Waals surface area contributed by atoms with Gasteiger partial charge in [0.15, 0.2) is 0 Å². The van der Waals surface area contributed by atoms with Crippen molar-refractivity contribution in [3.8, 4) is 16.9 Å². The highest BCUT2D eigenvalue weighted by Gasteiger charge is 2.27. The van der Waals surface area contributed by atoms with Gasteiger partial charge in [-0.1, -0.05) is 36.4 Å². The number of pyridine rings is 1. The van der Waals surface area contributed by atoms with Crippen LogP contribution in [0.3, 0.4) is 0 Å². The van der Waals surface area contributed by atoms with Crippen molar-refractivity contribution in [1.29, 1.82) is 0 Å². The Morgan fingerprint density at radius 1 is 0.946 bits per heavy atom. The first-order valence-corrected chi connectivity index (χ1v) is 11.9. The summed E-state index contributed by atoms with van der Waals surface area (Å²) in [6, 6.07) is 23.4. The highest BCUT2D eigenvalue weighted by molar-refractivity contribution is 6.06. The maximum Gasteiger partial charge on any atom is 0.336 e. The summed E-state index contributed by atoms with van der Waals surface area (Å²) in [7, 11) is 1.96. The van der Waals surface area contributed by atoms with Crippen LogP contribution >= 0.6 is 0 Å². The van der Waals surface area contributed by atoms with Crippen molar-refractivity contribution in [2.75, 3.05) is 13.6 Å². The van der Waals surface area contributed by atoms with Gasteiger partial charge >= 0.3 is 5.97 Å². The smallest absolute Gasteiger partial charge is 0.336 e. The fourth-order valence-electron chi connectivity index (χ4n) is 4.95.